The van der Waals surface area contributed by atoms with Gasteiger partial charge in [-0.15, -0.1) is 11.3 Å². The fourth-order valence-corrected chi connectivity index (χ4v) is 11.8. The number of aromatic nitrogens is 1. The standard InChI is InChI=1S/C56H33NS/c1-2-13-34(14-3-1)35-24-26-36(27-25-35)45-32-47-41-18-7-5-16-39(41)46(33-48(47)40-17-6-4-15-38(40)45)37-28-29-42-51(31-37)56(50-22-12-30-57-54(42)50)49-21-10-8-19-43(49)55-53(56)44-20-9-11-23-52(44)58-55/h1-33H. The van der Waals surface area contributed by atoms with Gasteiger partial charge in [0.05, 0.1) is 11.1 Å². The SMILES string of the molecule is c1ccc(-c2ccc(-c3cc4c5ccccc5c(-c5ccc6c(c5)C5(c7ccccc7-c7sc8ccccc8c75)c5cccnc5-6)cc4c4ccccc34)cc2)cc1. The summed E-state index contributed by atoms with van der Waals surface area (Å²) in [6.07, 6.45) is 1.96. The highest BCUT2D eigenvalue weighted by Crippen LogP contribution is 2.66. The molecule has 58 heavy (non-hydrogen) atoms. The Labute approximate surface area is 340 Å². The molecule has 1 spiro atoms. The van der Waals surface area contributed by atoms with Crippen LogP contribution in [-0.4, -0.2) is 4.98 Å². The first-order chi connectivity index (χ1) is 28.8. The second-order valence-corrected chi connectivity index (χ2v) is 16.8. The van der Waals surface area contributed by atoms with Crippen molar-refractivity contribution in [2.45, 2.75) is 5.41 Å². The van der Waals surface area contributed by atoms with Gasteiger partial charge in [0.15, 0.2) is 0 Å². The zero-order chi connectivity index (χ0) is 38.0. The number of fused-ring (bicyclic) bond motifs is 17. The Morgan fingerprint density at radius 3 is 1.67 bits per heavy atom. The Balaban J connectivity index is 1.07. The van der Waals surface area contributed by atoms with E-state index >= 15 is 0 Å². The van der Waals surface area contributed by atoms with Gasteiger partial charge in [-0.1, -0.05) is 164 Å². The molecule has 2 aliphatic rings. The average molecular weight is 752 g/mol. The molecule has 0 saturated heterocycles. The minimum Gasteiger partial charge on any atom is -0.256 e. The van der Waals surface area contributed by atoms with Crippen LogP contribution in [0.1, 0.15) is 22.3 Å². The van der Waals surface area contributed by atoms with Crippen LogP contribution in [-0.2, 0) is 5.41 Å². The fourth-order valence-electron chi connectivity index (χ4n) is 10.5. The van der Waals surface area contributed by atoms with E-state index in [4.69, 9.17) is 4.98 Å². The van der Waals surface area contributed by atoms with Gasteiger partial charge in [0.25, 0.3) is 0 Å². The van der Waals surface area contributed by atoms with E-state index in [0.717, 1.165) is 5.69 Å². The van der Waals surface area contributed by atoms with E-state index in [9.17, 15) is 0 Å². The zero-order valence-electron chi connectivity index (χ0n) is 31.4. The van der Waals surface area contributed by atoms with E-state index in [2.05, 4.69) is 194 Å². The van der Waals surface area contributed by atoms with Crippen LogP contribution in [0.25, 0.3) is 97.5 Å². The van der Waals surface area contributed by atoms with E-state index in [1.807, 2.05) is 17.5 Å². The molecule has 0 radical (unpaired) electrons. The molecule has 0 saturated carbocycles. The number of rotatable bonds is 3. The van der Waals surface area contributed by atoms with Crippen LogP contribution >= 0.6 is 11.3 Å². The number of thiophene rings is 1. The molecule has 11 aromatic rings. The lowest BCUT2D eigenvalue weighted by molar-refractivity contribution is 0.800. The van der Waals surface area contributed by atoms with Gasteiger partial charge in [-0.3, -0.25) is 4.98 Å². The summed E-state index contributed by atoms with van der Waals surface area (Å²) < 4.78 is 1.33. The molecular formula is C56H33NS. The van der Waals surface area contributed by atoms with Gasteiger partial charge in [0, 0.05) is 21.3 Å². The van der Waals surface area contributed by atoms with E-state index < -0.39 is 5.41 Å². The van der Waals surface area contributed by atoms with Crippen LogP contribution in [0, 0.1) is 0 Å². The van der Waals surface area contributed by atoms with Crippen LogP contribution in [0.2, 0.25) is 0 Å². The molecule has 2 heterocycles. The molecule has 2 heteroatoms. The van der Waals surface area contributed by atoms with Crippen molar-refractivity contribution in [3.05, 3.63) is 223 Å². The van der Waals surface area contributed by atoms with Gasteiger partial charge in [0.1, 0.15) is 0 Å². The minimum atomic E-state index is -0.467. The van der Waals surface area contributed by atoms with Gasteiger partial charge >= 0.3 is 0 Å². The summed E-state index contributed by atoms with van der Waals surface area (Å²) >= 11 is 1.92. The molecular weight excluding hydrogens is 719 g/mol. The topological polar surface area (TPSA) is 12.9 Å². The van der Waals surface area contributed by atoms with Crippen molar-refractivity contribution in [2.24, 2.45) is 0 Å². The summed E-state index contributed by atoms with van der Waals surface area (Å²) in [6, 6.07) is 72.2. The Morgan fingerprint density at radius 1 is 0.345 bits per heavy atom. The molecule has 0 N–H and O–H groups in total. The van der Waals surface area contributed by atoms with Gasteiger partial charge in [0.2, 0.25) is 0 Å². The predicted octanol–water partition coefficient (Wildman–Crippen LogP) is 15.1. The molecule has 1 atom stereocenters. The van der Waals surface area contributed by atoms with E-state index in [1.54, 1.807) is 0 Å². The number of nitrogens with zero attached hydrogens (tertiary/aromatic N) is 1. The van der Waals surface area contributed by atoms with Crippen LogP contribution in [0.15, 0.2) is 200 Å². The lowest BCUT2D eigenvalue weighted by atomic mass is 9.70. The summed E-state index contributed by atoms with van der Waals surface area (Å²) in [5, 5.41) is 8.92. The Hall–Kier alpha value is -7.13. The molecule has 0 aliphatic heterocycles. The van der Waals surface area contributed by atoms with Crippen molar-refractivity contribution in [3.8, 4) is 55.1 Å². The molecule has 0 amide bonds. The number of hydrogen-bond acceptors (Lipinski definition) is 2. The molecule has 268 valence electrons. The number of pyridine rings is 1. The van der Waals surface area contributed by atoms with Crippen LogP contribution in [0.4, 0.5) is 0 Å². The highest BCUT2D eigenvalue weighted by atomic mass is 32.1. The molecule has 2 aliphatic carbocycles. The lowest BCUT2D eigenvalue weighted by Crippen LogP contribution is -2.26. The van der Waals surface area contributed by atoms with E-state index in [0.29, 0.717) is 0 Å². The smallest absolute Gasteiger partial charge is 0.0756 e. The minimum absolute atomic E-state index is 0.467. The first-order valence-electron chi connectivity index (χ1n) is 20.0. The number of benzene rings is 9. The predicted molar refractivity (Wildman–Crippen MR) is 245 cm³/mol. The molecule has 0 fully saturated rings. The molecule has 1 unspecified atom stereocenters. The van der Waals surface area contributed by atoms with Gasteiger partial charge in [-0.25, -0.2) is 0 Å². The second-order valence-electron chi connectivity index (χ2n) is 15.7. The molecule has 1 nitrogen and oxygen atoms in total. The van der Waals surface area contributed by atoms with Crippen molar-refractivity contribution >= 4 is 53.7 Å². The highest BCUT2D eigenvalue weighted by molar-refractivity contribution is 7.22. The van der Waals surface area contributed by atoms with Crippen molar-refractivity contribution < 1.29 is 0 Å². The maximum Gasteiger partial charge on any atom is 0.0756 e. The van der Waals surface area contributed by atoms with Gasteiger partial charge < -0.3 is 0 Å². The Morgan fingerprint density at radius 2 is 0.914 bits per heavy atom. The van der Waals surface area contributed by atoms with Crippen LogP contribution < -0.4 is 0 Å². The first-order valence-corrected chi connectivity index (χ1v) is 20.8. The number of hydrogen-bond donors (Lipinski definition) is 0. The maximum atomic E-state index is 5.11. The third kappa shape index (κ3) is 4.22. The summed E-state index contributed by atoms with van der Waals surface area (Å²) in [6.45, 7) is 0. The molecule has 9 aromatic carbocycles. The van der Waals surface area contributed by atoms with Crippen molar-refractivity contribution in [1.29, 1.82) is 0 Å². The Bertz CT molecular complexity index is 3500. The summed E-state index contributed by atoms with van der Waals surface area (Å²) in [5.41, 5.74) is 15.9. The van der Waals surface area contributed by atoms with E-state index in [-0.39, 0.29) is 0 Å². The third-order valence-electron chi connectivity index (χ3n) is 12.9. The summed E-state index contributed by atoms with van der Waals surface area (Å²) in [4.78, 5) is 6.49. The molecule has 2 aromatic heterocycles. The normalized spacial score (nSPS) is 15.0. The summed E-state index contributed by atoms with van der Waals surface area (Å²) in [7, 11) is 0. The highest BCUT2D eigenvalue weighted by Gasteiger charge is 2.54. The van der Waals surface area contributed by atoms with Gasteiger partial charge in [-0.05, 0) is 129 Å². The van der Waals surface area contributed by atoms with Crippen molar-refractivity contribution in [2.75, 3.05) is 0 Å². The van der Waals surface area contributed by atoms with Crippen LogP contribution in [0.3, 0.4) is 0 Å². The van der Waals surface area contributed by atoms with Crippen molar-refractivity contribution in [1.82, 2.24) is 4.98 Å². The maximum absolute atomic E-state index is 5.11. The summed E-state index contributed by atoms with van der Waals surface area (Å²) in [5.74, 6) is 0. The lowest BCUT2D eigenvalue weighted by Gasteiger charge is -2.30. The van der Waals surface area contributed by atoms with Crippen LogP contribution in [0.5, 0.6) is 0 Å². The first kappa shape index (κ1) is 32.0. The van der Waals surface area contributed by atoms with Gasteiger partial charge in [-0.2, -0.15) is 0 Å². The molecule has 0 bridgehead atoms. The third-order valence-corrected chi connectivity index (χ3v) is 14.1. The average Bonchev–Trinajstić information content (AvgIpc) is 3.92. The second kappa shape index (κ2) is 11.9. The molecule has 13 rings (SSSR count). The monoisotopic (exact) mass is 751 g/mol. The largest absolute Gasteiger partial charge is 0.256 e. The quantitative estimate of drug-likeness (QED) is 0.164. The van der Waals surface area contributed by atoms with Crippen molar-refractivity contribution in [3.63, 3.8) is 0 Å². The van der Waals surface area contributed by atoms with E-state index in [1.165, 1.54) is 114 Å². The fraction of sp³-hybridized carbons (Fsp3) is 0.0179. The zero-order valence-corrected chi connectivity index (χ0v) is 32.2. The Kier molecular flexibility index (Phi) is 6.59.